The molecule has 0 bridgehead atoms. The number of nitrogens with zero attached hydrogens (tertiary/aromatic N) is 3. The van der Waals surface area contributed by atoms with Crippen molar-refractivity contribution in [2.24, 2.45) is 11.7 Å². The number of alkyl halides is 8. The highest BCUT2D eigenvalue weighted by atomic mass is 19.4. The standard InChI is InChI=1S/C27H30F8N6O2/c1-14(38-20(42)6-9-26(30,31)32)16-2-3-17-18(12-16)40-23(39-17)21(15-4-7-25(28,29)8-5-15)24-37-13-19(22(36)43)41(24)11-10-27(33,34)35/h2-3,12-15,21H,4-11H2,1H3,(H2,36,43)(H,38,42)(H,39,40)/t14-,21+/m1/s1. The minimum Gasteiger partial charge on any atom is -0.364 e. The molecule has 0 radical (unpaired) electrons. The number of fused-ring (bicyclic) bond motifs is 1. The second-order valence-electron chi connectivity index (χ2n) is 10.9. The van der Waals surface area contributed by atoms with Crippen LogP contribution in [0, 0.1) is 5.92 Å². The lowest BCUT2D eigenvalue weighted by atomic mass is 9.77. The number of aromatic nitrogens is 4. The van der Waals surface area contributed by atoms with Crippen molar-refractivity contribution in [3.05, 3.63) is 47.3 Å². The first-order valence-corrected chi connectivity index (χ1v) is 13.6. The first kappa shape index (κ1) is 32.2. The highest BCUT2D eigenvalue weighted by Gasteiger charge is 2.41. The zero-order valence-corrected chi connectivity index (χ0v) is 23.0. The van der Waals surface area contributed by atoms with Crippen LogP contribution in [0.25, 0.3) is 11.0 Å². The number of carbonyl (C=O) groups excluding carboxylic acids is 2. The van der Waals surface area contributed by atoms with Crippen LogP contribution in [0.15, 0.2) is 24.4 Å². The van der Waals surface area contributed by atoms with Gasteiger partial charge in [-0.3, -0.25) is 9.59 Å². The van der Waals surface area contributed by atoms with Crippen molar-refractivity contribution in [2.75, 3.05) is 0 Å². The number of primary amides is 1. The first-order valence-electron chi connectivity index (χ1n) is 13.6. The number of aromatic amines is 1. The van der Waals surface area contributed by atoms with E-state index in [-0.39, 0.29) is 30.2 Å². The lowest BCUT2D eigenvalue weighted by Crippen LogP contribution is -2.30. The molecule has 4 N–H and O–H groups in total. The number of carbonyl (C=O) groups is 2. The quantitative estimate of drug-likeness (QED) is 0.231. The molecule has 1 aliphatic carbocycles. The lowest BCUT2D eigenvalue weighted by molar-refractivity contribution is -0.144. The molecule has 4 rings (SSSR count). The molecule has 2 heterocycles. The van der Waals surface area contributed by atoms with Gasteiger partial charge in [-0.15, -0.1) is 0 Å². The number of nitrogens with one attached hydrogen (secondary N) is 2. The van der Waals surface area contributed by atoms with E-state index in [1.165, 1.54) is 0 Å². The van der Waals surface area contributed by atoms with Gasteiger partial charge >= 0.3 is 12.4 Å². The van der Waals surface area contributed by atoms with Crippen molar-refractivity contribution in [3.8, 4) is 0 Å². The first-order chi connectivity index (χ1) is 19.9. The molecule has 3 aromatic rings. The molecule has 2 amide bonds. The molecule has 0 spiro atoms. The Labute approximate surface area is 240 Å². The third kappa shape index (κ3) is 8.22. The fraction of sp³-hybridized carbons (Fsp3) is 0.556. The molecular formula is C27H30F8N6O2. The molecule has 1 aliphatic rings. The van der Waals surface area contributed by atoms with E-state index < -0.39 is 86.6 Å². The molecule has 1 fully saturated rings. The van der Waals surface area contributed by atoms with Crippen LogP contribution < -0.4 is 11.1 Å². The Morgan fingerprint density at radius 3 is 2.37 bits per heavy atom. The van der Waals surface area contributed by atoms with Gasteiger partial charge in [0.1, 0.15) is 17.3 Å². The van der Waals surface area contributed by atoms with E-state index in [4.69, 9.17) is 5.73 Å². The zero-order chi connectivity index (χ0) is 31.7. The number of hydrogen-bond donors (Lipinski definition) is 3. The number of rotatable bonds is 10. The minimum atomic E-state index is -4.56. The number of imidazole rings is 2. The second-order valence-corrected chi connectivity index (χ2v) is 10.9. The summed E-state index contributed by atoms with van der Waals surface area (Å²) in [7, 11) is 0. The van der Waals surface area contributed by atoms with Gasteiger partial charge in [-0.1, -0.05) is 6.07 Å². The summed E-state index contributed by atoms with van der Waals surface area (Å²) in [6, 6.07) is 4.12. The Morgan fingerprint density at radius 2 is 1.77 bits per heavy atom. The molecule has 0 aliphatic heterocycles. The van der Waals surface area contributed by atoms with Crippen molar-refractivity contribution in [3.63, 3.8) is 0 Å². The van der Waals surface area contributed by atoms with Crippen LogP contribution in [-0.2, 0) is 11.3 Å². The van der Waals surface area contributed by atoms with Gasteiger partial charge in [-0.2, -0.15) is 26.3 Å². The van der Waals surface area contributed by atoms with Gasteiger partial charge < -0.3 is 20.6 Å². The maximum atomic E-state index is 14.1. The average Bonchev–Trinajstić information content (AvgIpc) is 3.50. The number of amides is 2. The highest BCUT2D eigenvalue weighted by Crippen LogP contribution is 2.44. The van der Waals surface area contributed by atoms with Crippen LogP contribution in [0.2, 0.25) is 0 Å². The molecule has 2 aromatic heterocycles. The molecule has 8 nitrogen and oxygen atoms in total. The summed E-state index contributed by atoms with van der Waals surface area (Å²) in [6.45, 7) is 0.907. The van der Waals surface area contributed by atoms with Gasteiger partial charge in [0.25, 0.3) is 5.91 Å². The maximum absolute atomic E-state index is 14.1. The summed E-state index contributed by atoms with van der Waals surface area (Å²) in [4.78, 5) is 36.0. The van der Waals surface area contributed by atoms with Crippen molar-refractivity contribution in [1.29, 1.82) is 0 Å². The van der Waals surface area contributed by atoms with Gasteiger partial charge in [0, 0.05) is 25.8 Å². The molecule has 236 valence electrons. The summed E-state index contributed by atoms with van der Waals surface area (Å²) < 4.78 is 106. The number of benzene rings is 1. The van der Waals surface area contributed by atoms with Gasteiger partial charge in [-0.25, -0.2) is 18.7 Å². The summed E-state index contributed by atoms with van der Waals surface area (Å²) >= 11 is 0. The van der Waals surface area contributed by atoms with E-state index in [0.29, 0.717) is 16.6 Å². The van der Waals surface area contributed by atoms with E-state index in [9.17, 15) is 44.7 Å². The summed E-state index contributed by atoms with van der Waals surface area (Å²) in [6.07, 6.45) is -12.1. The average molecular weight is 623 g/mol. The topological polar surface area (TPSA) is 119 Å². The van der Waals surface area contributed by atoms with Crippen LogP contribution in [0.5, 0.6) is 0 Å². The van der Waals surface area contributed by atoms with Crippen LogP contribution >= 0.6 is 0 Å². The van der Waals surface area contributed by atoms with E-state index in [1.807, 2.05) is 0 Å². The molecule has 1 aromatic carbocycles. The number of nitrogens with two attached hydrogens (primary N) is 1. The van der Waals surface area contributed by atoms with Crippen molar-refractivity contribution < 1.29 is 44.7 Å². The van der Waals surface area contributed by atoms with E-state index >= 15 is 0 Å². The van der Waals surface area contributed by atoms with E-state index in [0.717, 1.165) is 10.8 Å². The molecule has 16 heteroatoms. The number of halogens is 8. The summed E-state index contributed by atoms with van der Waals surface area (Å²) in [5.74, 6) is -5.85. The van der Waals surface area contributed by atoms with Gasteiger partial charge in [0.05, 0.1) is 42.0 Å². The monoisotopic (exact) mass is 622 g/mol. The Bertz CT molecular complexity index is 1450. The van der Waals surface area contributed by atoms with Crippen molar-refractivity contribution in [2.45, 2.75) is 88.6 Å². The van der Waals surface area contributed by atoms with Gasteiger partial charge in [0.15, 0.2) is 0 Å². The minimum absolute atomic E-state index is 0.0129. The molecular weight excluding hydrogens is 592 g/mol. The largest absolute Gasteiger partial charge is 0.390 e. The van der Waals surface area contributed by atoms with E-state index in [1.54, 1.807) is 25.1 Å². The summed E-state index contributed by atoms with van der Waals surface area (Å²) in [5.41, 5.74) is 6.51. The van der Waals surface area contributed by atoms with Gasteiger partial charge in [0.2, 0.25) is 11.8 Å². The third-order valence-corrected chi connectivity index (χ3v) is 7.60. The smallest absolute Gasteiger partial charge is 0.364 e. The van der Waals surface area contributed by atoms with Crippen LogP contribution in [-0.4, -0.2) is 49.6 Å². The zero-order valence-electron chi connectivity index (χ0n) is 23.0. The Balaban J connectivity index is 1.69. The maximum Gasteiger partial charge on any atom is 0.390 e. The third-order valence-electron chi connectivity index (χ3n) is 7.60. The molecule has 0 saturated heterocycles. The highest BCUT2D eigenvalue weighted by molar-refractivity contribution is 5.91. The molecule has 0 unspecified atom stereocenters. The van der Waals surface area contributed by atoms with E-state index in [2.05, 4.69) is 20.3 Å². The summed E-state index contributed by atoms with van der Waals surface area (Å²) in [5, 5.41) is 2.50. The van der Waals surface area contributed by atoms with Crippen molar-refractivity contribution in [1.82, 2.24) is 24.8 Å². The van der Waals surface area contributed by atoms with Crippen LogP contribution in [0.3, 0.4) is 0 Å². The SMILES string of the molecule is C[C@@H](NC(=O)CCC(F)(F)F)c1ccc2nc([C@@H](c3ncc(C(N)=O)n3CCC(F)(F)F)C3CCC(F)(F)CC3)[nH]c2c1. The number of hydrogen-bond acceptors (Lipinski definition) is 4. The second kappa shape index (κ2) is 12.1. The molecule has 2 atom stereocenters. The fourth-order valence-electron chi connectivity index (χ4n) is 5.38. The predicted molar refractivity (Wildman–Crippen MR) is 138 cm³/mol. The lowest BCUT2D eigenvalue weighted by Gasteiger charge is -2.33. The predicted octanol–water partition coefficient (Wildman–Crippen LogP) is 6.29. The van der Waals surface area contributed by atoms with Crippen LogP contribution in [0.1, 0.15) is 91.5 Å². The Morgan fingerprint density at radius 1 is 1.12 bits per heavy atom. The van der Waals surface area contributed by atoms with Crippen LogP contribution in [0.4, 0.5) is 35.1 Å². The molecule has 43 heavy (non-hydrogen) atoms. The normalized spacial score (nSPS) is 17.6. The Kier molecular flexibility index (Phi) is 9.07. The van der Waals surface area contributed by atoms with Crippen molar-refractivity contribution >= 4 is 22.8 Å². The molecule has 1 saturated carbocycles. The van der Waals surface area contributed by atoms with Gasteiger partial charge in [-0.05, 0) is 43.4 Å². The number of H-pyrrole nitrogens is 1. The fourth-order valence-corrected chi connectivity index (χ4v) is 5.38. The Hall–Kier alpha value is -3.72.